The number of rotatable bonds is 8. The standard InChI is InChI=1S/C17H18F2N2O3S2/c1-25-10-9-16(21-26(23,24)13-5-3-2-4-6-13)17(22)20-12-7-8-14(18)15(19)11-12/h2-8,11,16,21H,9-10H2,1H3,(H,20,22)/t16-/m1/s1. The van der Waals surface area contributed by atoms with Crippen LogP contribution in [0.2, 0.25) is 0 Å². The van der Waals surface area contributed by atoms with E-state index in [1.165, 1.54) is 30.0 Å². The van der Waals surface area contributed by atoms with E-state index in [9.17, 15) is 22.0 Å². The molecule has 2 N–H and O–H groups in total. The van der Waals surface area contributed by atoms with Gasteiger partial charge in [0.05, 0.1) is 4.90 Å². The maximum Gasteiger partial charge on any atom is 0.242 e. The van der Waals surface area contributed by atoms with Crippen LogP contribution in [0.3, 0.4) is 0 Å². The second-order valence-electron chi connectivity index (χ2n) is 5.39. The van der Waals surface area contributed by atoms with E-state index in [1.807, 2.05) is 6.26 Å². The van der Waals surface area contributed by atoms with Crippen molar-refractivity contribution in [3.8, 4) is 0 Å². The van der Waals surface area contributed by atoms with Crippen molar-refractivity contribution in [2.75, 3.05) is 17.3 Å². The minimum absolute atomic E-state index is 0.0368. The average molecular weight is 400 g/mol. The summed E-state index contributed by atoms with van der Waals surface area (Å²) in [5.74, 6) is -2.25. The molecule has 9 heteroatoms. The van der Waals surface area contributed by atoms with Gasteiger partial charge in [-0.1, -0.05) is 18.2 Å². The number of nitrogens with one attached hydrogen (secondary N) is 2. The third-order valence-corrected chi connectivity index (χ3v) is 5.60. The molecule has 0 spiro atoms. The Bertz CT molecular complexity index is 862. The van der Waals surface area contributed by atoms with Crippen LogP contribution in [0.25, 0.3) is 0 Å². The molecule has 0 aliphatic rings. The summed E-state index contributed by atoms with van der Waals surface area (Å²) in [6, 6.07) is 9.54. The van der Waals surface area contributed by atoms with Gasteiger partial charge in [0, 0.05) is 11.8 Å². The van der Waals surface area contributed by atoms with Crippen molar-refractivity contribution in [1.29, 1.82) is 0 Å². The van der Waals surface area contributed by atoms with Gasteiger partial charge in [-0.15, -0.1) is 0 Å². The summed E-state index contributed by atoms with van der Waals surface area (Å²) in [4.78, 5) is 12.5. The fourth-order valence-electron chi connectivity index (χ4n) is 2.14. The van der Waals surface area contributed by atoms with Crippen molar-refractivity contribution in [2.24, 2.45) is 0 Å². The lowest BCUT2D eigenvalue weighted by molar-refractivity contribution is -0.117. The van der Waals surface area contributed by atoms with Crippen LogP contribution in [-0.2, 0) is 14.8 Å². The number of hydrogen-bond acceptors (Lipinski definition) is 4. The van der Waals surface area contributed by atoms with Gasteiger partial charge in [0.15, 0.2) is 11.6 Å². The van der Waals surface area contributed by atoms with Crippen LogP contribution in [0, 0.1) is 11.6 Å². The SMILES string of the molecule is CSCC[C@@H](NS(=O)(=O)c1ccccc1)C(=O)Nc1ccc(F)c(F)c1. The predicted molar refractivity (Wildman–Crippen MR) is 98.5 cm³/mol. The molecule has 2 rings (SSSR count). The third kappa shape index (κ3) is 5.52. The first-order chi connectivity index (χ1) is 12.3. The highest BCUT2D eigenvalue weighted by Crippen LogP contribution is 2.15. The Morgan fingerprint density at radius 3 is 2.42 bits per heavy atom. The number of carbonyl (C=O) groups excluding carboxylic acids is 1. The molecular weight excluding hydrogens is 382 g/mol. The zero-order chi connectivity index (χ0) is 19.2. The second kappa shape index (κ2) is 9.11. The normalized spacial score (nSPS) is 12.6. The Labute approximate surface area is 155 Å². The third-order valence-electron chi connectivity index (χ3n) is 3.47. The van der Waals surface area contributed by atoms with Crippen molar-refractivity contribution in [3.05, 3.63) is 60.2 Å². The summed E-state index contributed by atoms with van der Waals surface area (Å²) in [6.45, 7) is 0. The fourth-order valence-corrected chi connectivity index (χ4v) is 3.86. The summed E-state index contributed by atoms with van der Waals surface area (Å²) in [5.41, 5.74) is 0.0435. The number of anilines is 1. The van der Waals surface area contributed by atoms with Crippen molar-refractivity contribution in [2.45, 2.75) is 17.4 Å². The lowest BCUT2D eigenvalue weighted by Gasteiger charge is -2.18. The highest BCUT2D eigenvalue weighted by molar-refractivity contribution is 7.98. The molecule has 0 bridgehead atoms. The molecule has 26 heavy (non-hydrogen) atoms. The molecule has 0 aliphatic heterocycles. The molecule has 1 amide bonds. The van der Waals surface area contributed by atoms with Gasteiger partial charge in [-0.3, -0.25) is 4.79 Å². The van der Waals surface area contributed by atoms with Gasteiger partial charge in [0.2, 0.25) is 15.9 Å². The average Bonchev–Trinajstić information content (AvgIpc) is 2.62. The minimum atomic E-state index is -3.90. The van der Waals surface area contributed by atoms with Gasteiger partial charge in [-0.2, -0.15) is 16.5 Å². The van der Waals surface area contributed by atoms with E-state index in [0.29, 0.717) is 5.75 Å². The largest absolute Gasteiger partial charge is 0.325 e. The minimum Gasteiger partial charge on any atom is -0.325 e. The Kier molecular flexibility index (Phi) is 7.13. The second-order valence-corrected chi connectivity index (χ2v) is 8.09. The summed E-state index contributed by atoms with van der Waals surface area (Å²) in [7, 11) is -3.90. The molecule has 0 aromatic heterocycles. The van der Waals surface area contributed by atoms with Crippen molar-refractivity contribution in [1.82, 2.24) is 4.72 Å². The van der Waals surface area contributed by atoms with E-state index >= 15 is 0 Å². The number of amides is 1. The molecule has 2 aromatic carbocycles. The lowest BCUT2D eigenvalue weighted by atomic mass is 10.2. The quantitative estimate of drug-likeness (QED) is 0.714. The zero-order valence-electron chi connectivity index (χ0n) is 13.9. The topological polar surface area (TPSA) is 75.3 Å². The van der Waals surface area contributed by atoms with E-state index in [0.717, 1.165) is 12.1 Å². The van der Waals surface area contributed by atoms with Crippen molar-refractivity contribution in [3.63, 3.8) is 0 Å². The summed E-state index contributed by atoms with van der Waals surface area (Å²) < 4.78 is 53.6. The van der Waals surface area contributed by atoms with Crippen LogP contribution in [0.4, 0.5) is 14.5 Å². The highest BCUT2D eigenvalue weighted by Gasteiger charge is 2.25. The molecule has 140 valence electrons. The van der Waals surface area contributed by atoms with Crippen LogP contribution in [0.5, 0.6) is 0 Å². The van der Waals surface area contributed by atoms with Crippen LogP contribution < -0.4 is 10.0 Å². The number of hydrogen-bond donors (Lipinski definition) is 2. The van der Waals surface area contributed by atoms with E-state index in [2.05, 4.69) is 10.0 Å². The van der Waals surface area contributed by atoms with Gasteiger partial charge in [0.1, 0.15) is 6.04 Å². The first kappa shape index (κ1) is 20.3. The first-order valence-electron chi connectivity index (χ1n) is 7.65. The maximum atomic E-state index is 13.3. The van der Waals surface area contributed by atoms with Gasteiger partial charge in [0.25, 0.3) is 0 Å². The predicted octanol–water partition coefficient (Wildman–Crippen LogP) is 3.00. The fraction of sp³-hybridized carbons (Fsp3) is 0.235. The van der Waals surface area contributed by atoms with Gasteiger partial charge in [-0.05, 0) is 42.7 Å². The number of thioether (sulfide) groups is 1. The van der Waals surface area contributed by atoms with E-state index < -0.39 is 33.6 Å². The summed E-state index contributed by atoms with van der Waals surface area (Å²) in [6.07, 6.45) is 2.07. The molecule has 0 saturated carbocycles. The summed E-state index contributed by atoms with van der Waals surface area (Å²) >= 11 is 1.46. The van der Waals surface area contributed by atoms with E-state index in [-0.39, 0.29) is 17.0 Å². The highest BCUT2D eigenvalue weighted by atomic mass is 32.2. The molecule has 0 radical (unpaired) electrons. The van der Waals surface area contributed by atoms with Crippen LogP contribution >= 0.6 is 11.8 Å². The number of sulfonamides is 1. The van der Waals surface area contributed by atoms with E-state index in [1.54, 1.807) is 18.2 Å². The molecule has 0 aliphatic carbocycles. The number of benzene rings is 2. The molecule has 2 aromatic rings. The van der Waals surface area contributed by atoms with Gasteiger partial charge in [-0.25, -0.2) is 17.2 Å². The molecule has 5 nitrogen and oxygen atoms in total. The monoisotopic (exact) mass is 400 g/mol. The Morgan fingerprint density at radius 1 is 1.12 bits per heavy atom. The molecule has 0 unspecified atom stereocenters. The van der Waals surface area contributed by atoms with Crippen molar-refractivity contribution < 1.29 is 22.0 Å². The smallest absolute Gasteiger partial charge is 0.242 e. The molecular formula is C17H18F2N2O3S2. The van der Waals surface area contributed by atoms with Crippen LogP contribution in [0.15, 0.2) is 53.4 Å². The molecule has 0 saturated heterocycles. The summed E-state index contributed by atoms with van der Waals surface area (Å²) in [5, 5.41) is 2.41. The Hall–Kier alpha value is -1.97. The Morgan fingerprint density at radius 2 is 1.81 bits per heavy atom. The zero-order valence-corrected chi connectivity index (χ0v) is 15.5. The van der Waals surface area contributed by atoms with E-state index in [4.69, 9.17) is 0 Å². The van der Waals surface area contributed by atoms with Crippen LogP contribution in [0.1, 0.15) is 6.42 Å². The molecule has 0 fully saturated rings. The first-order valence-corrected chi connectivity index (χ1v) is 10.5. The molecule has 1 atom stereocenters. The lowest BCUT2D eigenvalue weighted by Crippen LogP contribution is -2.44. The van der Waals surface area contributed by atoms with Gasteiger partial charge >= 0.3 is 0 Å². The Balaban J connectivity index is 2.17. The van der Waals surface area contributed by atoms with Crippen molar-refractivity contribution >= 4 is 33.4 Å². The number of halogens is 2. The maximum absolute atomic E-state index is 13.3. The van der Waals surface area contributed by atoms with Crippen LogP contribution in [-0.4, -0.2) is 32.4 Å². The van der Waals surface area contributed by atoms with Gasteiger partial charge < -0.3 is 5.32 Å². The molecule has 0 heterocycles. The number of carbonyl (C=O) groups is 1.